The van der Waals surface area contributed by atoms with Crippen LogP contribution in [0.1, 0.15) is 18.1 Å². The highest BCUT2D eigenvalue weighted by molar-refractivity contribution is 9.09. The van der Waals surface area contributed by atoms with Gasteiger partial charge < -0.3 is 4.74 Å². The number of hydrogen-bond acceptors (Lipinski definition) is 2. The zero-order valence-electron chi connectivity index (χ0n) is 10.0. The Morgan fingerprint density at radius 3 is 3.00 bits per heavy atom. The number of nitrogens with zero attached hydrogens (tertiary/aromatic N) is 1. The number of benzene rings is 1. The van der Waals surface area contributed by atoms with Gasteiger partial charge in [-0.05, 0) is 24.2 Å². The summed E-state index contributed by atoms with van der Waals surface area (Å²) in [5.41, 5.74) is 2.47. The SMILES string of the molecule is CCN(CCBr)Cc1cc(Cl)cc2c1OCC2. The molecule has 0 atom stereocenters. The van der Waals surface area contributed by atoms with Crippen molar-refractivity contribution >= 4 is 27.5 Å². The lowest BCUT2D eigenvalue weighted by Crippen LogP contribution is -2.25. The Labute approximate surface area is 116 Å². The van der Waals surface area contributed by atoms with E-state index < -0.39 is 0 Å². The van der Waals surface area contributed by atoms with Gasteiger partial charge in [-0.3, -0.25) is 4.90 Å². The van der Waals surface area contributed by atoms with E-state index in [1.165, 1.54) is 11.1 Å². The van der Waals surface area contributed by atoms with Crippen LogP contribution in [0, 0.1) is 0 Å². The minimum Gasteiger partial charge on any atom is -0.493 e. The van der Waals surface area contributed by atoms with Gasteiger partial charge in [-0.2, -0.15) is 0 Å². The van der Waals surface area contributed by atoms with Crippen LogP contribution in [0.2, 0.25) is 5.02 Å². The van der Waals surface area contributed by atoms with E-state index in [4.69, 9.17) is 16.3 Å². The largest absolute Gasteiger partial charge is 0.493 e. The Morgan fingerprint density at radius 1 is 1.47 bits per heavy atom. The lowest BCUT2D eigenvalue weighted by molar-refractivity contribution is 0.289. The van der Waals surface area contributed by atoms with Crippen LogP contribution < -0.4 is 4.74 Å². The number of alkyl halides is 1. The zero-order valence-corrected chi connectivity index (χ0v) is 12.4. The molecule has 0 aromatic heterocycles. The predicted molar refractivity (Wildman–Crippen MR) is 75.4 cm³/mol. The lowest BCUT2D eigenvalue weighted by atomic mass is 10.1. The molecule has 0 N–H and O–H groups in total. The second kappa shape index (κ2) is 6.07. The highest BCUT2D eigenvalue weighted by Gasteiger charge is 2.18. The fourth-order valence-corrected chi connectivity index (χ4v) is 2.94. The number of halogens is 2. The summed E-state index contributed by atoms with van der Waals surface area (Å²) in [5.74, 6) is 1.06. The van der Waals surface area contributed by atoms with Gasteiger partial charge in [0.15, 0.2) is 0 Å². The first-order chi connectivity index (χ1) is 8.24. The quantitative estimate of drug-likeness (QED) is 0.771. The Morgan fingerprint density at radius 2 is 2.29 bits per heavy atom. The molecule has 0 bridgehead atoms. The van der Waals surface area contributed by atoms with E-state index in [1.54, 1.807) is 0 Å². The Kier molecular flexibility index (Phi) is 4.71. The number of ether oxygens (including phenoxy) is 1. The monoisotopic (exact) mass is 317 g/mol. The zero-order chi connectivity index (χ0) is 12.3. The second-order valence-electron chi connectivity index (χ2n) is 4.21. The summed E-state index contributed by atoms with van der Waals surface area (Å²) < 4.78 is 5.71. The van der Waals surface area contributed by atoms with Crippen molar-refractivity contribution in [2.45, 2.75) is 19.9 Å². The molecule has 0 fully saturated rings. The smallest absolute Gasteiger partial charge is 0.127 e. The van der Waals surface area contributed by atoms with Crippen molar-refractivity contribution in [1.29, 1.82) is 0 Å². The fourth-order valence-electron chi connectivity index (χ4n) is 2.17. The van der Waals surface area contributed by atoms with Crippen LogP contribution in [0.15, 0.2) is 12.1 Å². The van der Waals surface area contributed by atoms with E-state index in [1.807, 2.05) is 12.1 Å². The summed E-state index contributed by atoms with van der Waals surface area (Å²) in [4.78, 5) is 2.38. The first kappa shape index (κ1) is 13.2. The van der Waals surface area contributed by atoms with Crippen LogP contribution >= 0.6 is 27.5 Å². The summed E-state index contributed by atoms with van der Waals surface area (Å²) in [6.07, 6.45) is 0.980. The minimum absolute atomic E-state index is 0.785. The van der Waals surface area contributed by atoms with Gasteiger partial charge in [0, 0.05) is 35.4 Å². The molecule has 1 aromatic carbocycles. The molecular weight excluding hydrogens is 302 g/mol. The maximum atomic E-state index is 6.15. The molecule has 17 heavy (non-hydrogen) atoms. The molecule has 0 saturated carbocycles. The summed E-state index contributed by atoms with van der Waals surface area (Å²) >= 11 is 9.63. The highest BCUT2D eigenvalue weighted by Crippen LogP contribution is 2.33. The first-order valence-corrected chi connectivity index (χ1v) is 7.47. The molecule has 1 aliphatic heterocycles. The van der Waals surface area contributed by atoms with Crippen LogP contribution in [0.4, 0.5) is 0 Å². The highest BCUT2D eigenvalue weighted by atomic mass is 79.9. The van der Waals surface area contributed by atoms with E-state index in [0.29, 0.717) is 0 Å². The molecule has 94 valence electrons. The van der Waals surface area contributed by atoms with Crippen molar-refractivity contribution < 1.29 is 4.74 Å². The molecule has 0 radical (unpaired) electrons. The molecular formula is C13H17BrClNO. The first-order valence-electron chi connectivity index (χ1n) is 5.97. The summed E-state index contributed by atoms with van der Waals surface area (Å²) in [6.45, 7) is 5.94. The van der Waals surface area contributed by atoms with Gasteiger partial charge in [-0.1, -0.05) is 34.5 Å². The van der Waals surface area contributed by atoms with E-state index in [0.717, 1.165) is 48.8 Å². The second-order valence-corrected chi connectivity index (χ2v) is 5.44. The van der Waals surface area contributed by atoms with E-state index in [2.05, 4.69) is 27.8 Å². The lowest BCUT2D eigenvalue weighted by Gasteiger charge is -2.20. The minimum atomic E-state index is 0.785. The van der Waals surface area contributed by atoms with E-state index in [-0.39, 0.29) is 0 Å². The third-order valence-corrected chi connectivity index (χ3v) is 3.64. The molecule has 2 rings (SSSR count). The van der Waals surface area contributed by atoms with Crippen molar-refractivity contribution in [2.75, 3.05) is 25.0 Å². The molecule has 0 spiro atoms. The molecule has 0 saturated heterocycles. The van der Waals surface area contributed by atoms with Crippen LogP contribution in [-0.4, -0.2) is 29.9 Å². The van der Waals surface area contributed by atoms with Crippen molar-refractivity contribution in [3.63, 3.8) is 0 Å². The van der Waals surface area contributed by atoms with E-state index in [9.17, 15) is 0 Å². The number of fused-ring (bicyclic) bond motifs is 1. The normalized spacial score (nSPS) is 13.9. The topological polar surface area (TPSA) is 12.5 Å². The molecule has 0 aliphatic carbocycles. The van der Waals surface area contributed by atoms with Gasteiger partial charge in [0.1, 0.15) is 5.75 Å². The van der Waals surface area contributed by atoms with Gasteiger partial charge in [0.05, 0.1) is 6.61 Å². The number of hydrogen-bond donors (Lipinski definition) is 0. The van der Waals surface area contributed by atoms with Gasteiger partial charge in [-0.25, -0.2) is 0 Å². The van der Waals surface area contributed by atoms with Crippen molar-refractivity contribution in [3.8, 4) is 5.75 Å². The fraction of sp³-hybridized carbons (Fsp3) is 0.538. The van der Waals surface area contributed by atoms with Crippen LogP contribution in [0.5, 0.6) is 5.75 Å². The standard InChI is InChI=1S/C13H17BrClNO/c1-2-16(5-4-14)9-11-8-12(15)7-10-3-6-17-13(10)11/h7-8H,2-6,9H2,1H3. The summed E-state index contributed by atoms with van der Waals surface area (Å²) in [5, 5.41) is 1.81. The van der Waals surface area contributed by atoms with Gasteiger partial charge in [-0.15, -0.1) is 0 Å². The molecule has 2 nitrogen and oxygen atoms in total. The van der Waals surface area contributed by atoms with Crippen LogP contribution in [0.25, 0.3) is 0 Å². The average molecular weight is 319 g/mol. The van der Waals surface area contributed by atoms with Gasteiger partial charge in [0.2, 0.25) is 0 Å². The van der Waals surface area contributed by atoms with Crippen molar-refractivity contribution in [3.05, 3.63) is 28.3 Å². The Hall–Kier alpha value is -0.250. The predicted octanol–water partition coefficient (Wildman–Crippen LogP) is 3.49. The van der Waals surface area contributed by atoms with Crippen molar-refractivity contribution in [2.24, 2.45) is 0 Å². The van der Waals surface area contributed by atoms with E-state index >= 15 is 0 Å². The number of rotatable bonds is 5. The maximum absolute atomic E-state index is 6.15. The Bertz CT molecular complexity index is 397. The summed E-state index contributed by atoms with van der Waals surface area (Å²) in [6, 6.07) is 4.05. The van der Waals surface area contributed by atoms with Crippen LogP contribution in [0.3, 0.4) is 0 Å². The van der Waals surface area contributed by atoms with Gasteiger partial charge >= 0.3 is 0 Å². The Balaban J connectivity index is 2.20. The molecule has 1 aromatic rings. The summed E-state index contributed by atoms with van der Waals surface area (Å²) in [7, 11) is 0. The average Bonchev–Trinajstić information content (AvgIpc) is 2.76. The maximum Gasteiger partial charge on any atom is 0.127 e. The molecule has 1 heterocycles. The molecule has 4 heteroatoms. The van der Waals surface area contributed by atoms with Crippen molar-refractivity contribution in [1.82, 2.24) is 4.90 Å². The third-order valence-electron chi connectivity index (χ3n) is 3.07. The molecule has 1 aliphatic rings. The molecule has 0 unspecified atom stereocenters. The third kappa shape index (κ3) is 3.15. The molecule has 0 amide bonds. The van der Waals surface area contributed by atoms with Crippen LogP contribution in [-0.2, 0) is 13.0 Å². The van der Waals surface area contributed by atoms with Gasteiger partial charge in [0.25, 0.3) is 0 Å².